The average Bonchev–Trinajstić information content (AvgIpc) is 3.30. The molecule has 1 atom stereocenters. The first kappa shape index (κ1) is 14.8. The van der Waals surface area contributed by atoms with Gasteiger partial charge in [0.2, 0.25) is 5.91 Å². The minimum absolute atomic E-state index is 0.00730. The molecule has 0 radical (unpaired) electrons. The van der Waals surface area contributed by atoms with Crippen molar-refractivity contribution in [1.82, 2.24) is 14.9 Å². The third-order valence-electron chi connectivity index (χ3n) is 4.41. The molecule has 2 aromatic heterocycles. The van der Waals surface area contributed by atoms with Crippen LogP contribution < -0.4 is 0 Å². The molecule has 1 aromatic carbocycles. The van der Waals surface area contributed by atoms with Crippen molar-refractivity contribution in [3.8, 4) is 0 Å². The van der Waals surface area contributed by atoms with Gasteiger partial charge in [-0.2, -0.15) is 0 Å². The zero-order valence-electron chi connectivity index (χ0n) is 13.5. The molecule has 3 heterocycles. The van der Waals surface area contributed by atoms with E-state index in [1.54, 1.807) is 12.2 Å². The van der Waals surface area contributed by atoms with Crippen molar-refractivity contribution < 1.29 is 9.21 Å². The Balaban J connectivity index is 1.55. The third-order valence-corrected chi connectivity index (χ3v) is 4.41. The van der Waals surface area contributed by atoms with Crippen LogP contribution in [-0.2, 0) is 4.79 Å². The van der Waals surface area contributed by atoms with Gasteiger partial charge in [0.25, 0.3) is 0 Å². The monoisotopic (exact) mass is 321 g/mol. The van der Waals surface area contributed by atoms with Gasteiger partial charge in [0, 0.05) is 12.6 Å². The standard InChI is InChI=1S/C19H19N3O2/c1-13-8-9-14(24-13)10-11-18(23)22-12-4-7-17(22)19-20-15-5-2-3-6-16(15)21-19/h2-3,5-6,8-11,17H,4,7,12H2,1H3,(H,20,21)/b11-10+. The van der Waals surface area contributed by atoms with Gasteiger partial charge in [0.05, 0.1) is 17.1 Å². The minimum Gasteiger partial charge on any atom is -0.462 e. The molecule has 4 rings (SSSR count). The Morgan fingerprint density at radius 2 is 2.21 bits per heavy atom. The molecule has 5 nitrogen and oxygen atoms in total. The van der Waals surface area contributed by atoms with E-state index in [0.29, 0.717) is 5.76 Å². The van der Waals surface area contributed by atoms with Gasteiger partial charge >= 0.3 is 0 Å². The molecular weight excluding hydrogens is 302 g/mol. The highest BCUT2D eigenvalue weighted by molar-refractivity contribution is 5.92. The Hall–Kier alpha value is -2.82. The smallest absolute Gasteiger partial charge is 0.247 e. The predicted octanol–water partition coefficient (Wildman–Crippen LogP) is 3.84. The van der Waals surface area contributed by atoms with E-state index < -0.39 is 0 Å². The summed E-state index contributed by atoms with van der Waals surface area (Å²) in [7, 11) is 0. The van der Waals surface area contributed by atoms with Gasteiger partial charge in [-0.05, 0) is 50.1 Å². The summed E-state index contributed by atoms with van der Waals surface area (Å²) in [5.41, 5.74) is 1.95. The molecule has 1 aliphatic heterocycles. The van der Waals surface area contributed by atoms with E-state index in [9.17, 15) is 4.79 Å². The van der Waals surface area contributed by atoms with Gasteiger partial charge < -0.3 is 14.3 Å². The molecule has 5 heteroatoms. The molecule has 3 aromatic rings. The molecule has 24 heavy (non-hydrogen) atoms. The first-order chi connectivity index (χ1) is 11.7. The van der Waals surface area contributed by atoms with Crippen LogP contribution in [0.5, 0.6) is 0 Å². The summed E-state index contributed by atoms with van der Waals surface area (Å²) in [5.74, 6) is 2.39. The number of fused-ring (bicyclic) bond motifs is 1. The number of likely N-dealkylation sites (tertiary alicyclic amines) is 1. The Morgan fingerprint density at radius 3 is 3.00 bits per heavy atom. The molecule has 0 aliphatic carbocycles. The fraction of sp³-hybridized carbons (Fsp3) is 0.263. The van der Waals surface area contributed by atoms with Crippen molar-refractivity contribution in [3.63, 3.8) is 0 Å². The topological polar surface area (TPSA) is 62.1 Å². The second-order valence-corrected chi connectivity index (χ2v) is 6.11. The summed E-state index contributed by atoms with van der Waals surface area (Å²) < 4.78 is 5.47. The first-order valence-corrected chi connectivity index (χ1v) is 8.20. The number of furan rings is 1. The number of benzene rings is 1. The summed E-state index contributed by atoms with van der Waals surface area (Å²) in [6.07, 6.45) is 5.23. The van der Waals surface area contributed by atoms with E-state index in [1.165, 1.54) is 0 Å². The summed E-state index contributed by atoms with van der Waals surface area (Å²) in [4.78, 5) is 22.5. The number of nitrogens with one attached hydrogen (secondary N) is 1. The maximum absolute atomic E-state index is 12.6. The lowest BCUT2D eigenvalue weighted by Crippen LogP contribution is -2.29. The van der Waals surface area contributed by atoms with Gasteiger partial charge in [-0.3, -0.25) is 4.79 Å². The Bertz CT molecular complexity index is 873. The minimum atomic E-state index is -0.00740. The highest BCUT2D eigenvalue weighted by Gasteiger charge is 2.31. The highest BCUT2D eigenvalue weighted by atomic mass is 16.3. The van der Waals surface area contributed by atoms with Crippen molar-refractivity contribution in [3.05, 3.63) is 59.8 Å². The number of hydrogen-bond acceptors (Lipinski definition) is 3. The summed E-state index contributed by atoms with van der Waals surface area (Å²) in [6, 6.07) is 11.7. The molecule has 1 N–H and O–H groups in total. The van der Waals surface area contributed by atoms with E-state index in [0.717, 1.165) is 42.0 Å². The number of aromatic nitrogens is 2. The van der Waals surface area contributed by atoms with Crippen LogP contribution in [0.2, 0.25) is 0 Å². The van der Waals surface area contributed by atoms with Crippen LogP contribution in [0.15, 0.2) is 46.9 Å². The predicted molar refractivity (Wildman–Crippen MR) is 92.3 cm³/mol. The largest absolute Gasteiger partial charge is 0.462 e. The van der Waals surface area contributed by atoms with E-state index in [-0.39, 0.29) is 11.9 Å². The SMILES string of the molecule is Cc1ccc(/C=C/C(=O)N2CCCC2c2nc3ccccc3[nH]2)o1. The van der Waals surface area contributed by atoms with Crippen LogP contribution in [0.4, 0.5) is 0 Å². The maximum Gasteiger partial charge on any atom is 0.247 e. The van der Waals surface area contributed by atoms with E-state index in [1.807, 2.05) is 48.2 Å². The molecule has 1 saturated heterocycles. The molecule has 0 saturated carbocycles. The van der Waals surface area contributed by atoms with Crippen LogP contribution in [0.25, 0.3) is 17.1 Å². The van der Waals surface area contributed by atoms with Gasteiger partial charge in [0.15, 0.2) is 0 Å². The van der Waals surface area contributed by atoms with Gasteiger partial charge in [-0.1, -0.05) is 12.1 Å². The fourth-order valence-electron chi connectivity index (χ4n) is 3.24. The van der Waals surface area contributed by atoms with Gasteiger partial charge in [-0.15, -0.1) is 0 Å². The number of amides is 1. The number of carbonyl (C=O) groups excluding carboxylic acids is 1. The average molecular weight is 321 g/mol. The lowest BCUT2D eigenvalue weighted by molar-refractivity contribution is -0.127. The number of aryl methyl sites for hydroxylation is 1. The van der Waals surface area contributed by atoms with Crippen molar-refractivity contribution in [2.75, 3.05) is 6.54 Å². The van der Waals surface area contributed by atoms with Crippen LogP contribution in [0.1, 0.15) is 36.2 Å². The number of para-hydroxylation sites is 2. The number of rotatable bonds is 3. The highest BCUT2D eigenvalue weighted by Crippen LogP contribution is 2.31. The second kappa shape index (κ2) is 6.00. The third kappa shape index (κ3) is 2.73. The number of nitrogens with zero attached hydrogens (tertiary/aromatic N) is 2. The fourth-order valence-corrected chi connectivity index (χ4v) is 3.24. The number of hydrogen-bond donors (Lipinski definition) is 1. The second-order valence-electron chi connectivity index (χ2n) is 6.11. The van der Waals surface area contributed by atoms with E-state index in [4.69, 9.17) is 4.42 Å². The normalized spacial score (nSPS) is 18.0. The number of aromatic amines is 1. The van der Waals surface area contributed by atoms with Crippen LogP contribution in [0.3, 0.4) is 0 Å². The maximum atomic E-state index is 12.6. The van der Waals surface area contributed by atoms with Crippen molar-refractivity contribution in [1.29, 1.82) is 0 Å². The quantitative estimate of drug-likeness (QED) is 0.746. The molecule has 1 fully saturated rings. The summed E-state index contributed by atoms with van der Waals surface area (Å²) in [5, 5.41) is 0. The summed E-state index contributed by atoms with van der Waals surface area (Å²) in [6.45, 7) is 2.64. The van der Waals surface area contributed by atoms with Crippen molar-refractivity contribution >= 4 is 23.0 Å². The van der Waals surface area contributed by atoms with Crippen molar-refractivity contribution in [2.45, 2.75) is 25.8 Å². The Kier molecular flexibility index (Phi) is 3.69. The molecule has 122 valence electrons. The van der Waals surface area contributed by atoms with E-state index >= 15 is 0 Å². The number of H-pyrrole nitrogens is 1. The number of carbonyl (C=O) groups is 1. The molecule has 1 unspecified atom stereocenters. The first-order valence-electron chi connectivity index (χ1n) is 8.20. The lowest BCUT2D eigenvalue weighted by Gasteiger charge is -2.21. The molecule has 0 spiro atoms. The van der Waals surface area contributed by atoms with Gasteiger partial charge in [0.1, 0.15) is 17.3 Å². The van der Waals surface area contributed by atoms with Crippen molar-refractivity contribution in [2.24, 2.45) is 0 Å². The van der Waals surface area contributed by atoms with Crippen LogP contribution in [0, 0.1) is 6.92 Å². The van der Waals surface area contributed by atoms with Crippen LogP contribution in [-0.4, -0.2) is 27.3 Å². The lowest BCUT2D eigenvalue weighted by atomic mass is 10.2. The Morgan fingerprint density at radius 1 is 1.33 bits per heavy atom. The Labute approximate surface area is 140 Å². The van der Waals surface area contributed by atoms with Gasteiger partial charge in [-0.25, -0.2) is 4.98 Å². The number of imidazole rings is 1. The molecule has 1 amide bonds. The molecule has 1 aliphatic rings. The zero-order valence-corrected chi connectivity index (χ0v) is 13.5. The zero-order chi connectivity index (χ0) is 16.5. The molecule has 0 bridgehead atoms. The molecular formula is C19H19N3O2. The summed E-state index contributed by atoms with van der Waals surface area (Å²) >= 11 is 0. The van der Waals surface area contributed by atoms with E-state index in [2.05, 4.69) is 9.97 Å². The van der Waals surface area contributed by atoms with Crippen LogP contribution >= 0.6 is 0 Å².